The zero-order valence-corrected chi connectivity index (χ0v) is 34.4. The van der Waals surface area contributed by atoms with Crippen LogP contribution in [0.2, 0.25) is 0 Å². The summed E-state index contributed by atoms with van der Waals surface area (Å²) in [6.45, 7) is 0. The Bertz CT molecular complexity index is 3520. The van der Waals surface area contributed by atoms with Crippen molar-refractivity contribution < 1.29 is 4.42 Å². The summed E-state index contributed by atoms with van der Waals surface area (Å²) in [7, 11) is 0. The van der Waals surface area contributed by atoms with E-state index in [4.69, 9.17) is 4.42 Å². The Morgan fingerprint density at radius 1 is 0.286 bits per heavy atom. The normalized spacial score (nSPS) is 12.9. The third-order valence-corrected chi connectivity index (χ3v) is 13.5. The van der Waals surface area contributed by atoms with Gasteiger partial charge in [0.05, 0.1) is 5.41 Å². The molecule has 63 heavy (non-hydrogen) atoms. The van der Waals surface area contributed by atoms with E-state index in [0.717, 1.165) is 61.3 Å². The maximum Gasteiger partial charge on any atom is 0.143 e. The number of furan rings is 1. The molecule has 0 radical (unpaired) electrons. The quantitative estimate of drug-likeness (QED) is 0.167. The lowest BCUT2D eigenvalue weighted by molar-refractivity contribution is 0.670. The molecule has 0 bridgehead atoms. The Kier molecular flexibility index (Phi) is 7.85. The van der Waals surface area contributed by atoms with Crippen molar-refractivity contribution in [2.24, 2.45) is 0 Å². The van der Waals surface area contributed by atoms with Gasteiger partial charge < -0.3 is 9.32 Å². The maximum absolute atomic E-state index is 6.57. The fourth-order valence-corrected chi connectivity index (χ4v) is 10.8. The molecule has 0 fully saturated rings. The van der Waals surface area contributed by atoms with Gasteiger partial charge in [-0.2, -0.15) is 0 Å². The van der Waals surface area contributed by atoms with E-state index in [1.54, 1.807) is 0 Å². The molecule has 0 atom stereocenters. The molecule has 11 aromatic rings. The molecule has 2 heteroatoms. The van der Waals surface area contributed by atoms with Gasteiger partial charge in [0.1, 0.15) is 11.2 Å². The summed E-state index contributed by atoms with van der Waals surface area (Å²) in [6.07, 6.45) is 0. The molecule has 1 heterocycles. The maximum atomic E-state index is 6.57. The first kappa shape index (κ1) is 35.5. The van der Waals surface area contributed by atoms with E-state index in [2.05, 4.69) is 241 Å². The van der Waals surface area contributed by atoms with Crippen LogP contribution in [0.15, 0.2) is 241 Å². The first-order valence-corrected chi connectivity index (χ1v) is 21.7. The molecular formula is C61H39NO. The van der Waals surface area contributed by atoms with E-state index in [0.29, 0.717) is 0 Å². The summed E-state index contributed by atoms with van der Waals surface area (Å²) in [5.41, 5.74) is 22.2. The van der Waals surface area contributed by atoms with Gasteiger partial charge in [0.15, 0.2) is 0 Å². The van der Waals surface area contributed by atoms with Gasteiger partial charge in [0, 0.05) is 33.4 Å². The van der Waals surface area contributed by atoms with Gasteiger partial charge in [-0.05, 0) is 121 Å². The molecule has 2 aliphatic carbocycles. The highest BCUT2D eigenvalue weighted by atomic mass is 16.3. The van der Waals surface area contributed by atoms with Gasteiger partial charge in [-0.25, -0.2) is 0 Å². The summed E-state index contributed by atoms with van der Waals surface area (Å²) in [4.78, 5) is 2.42. The van der Waals surface area contributed by atoms with Gasteiger partial charge in [-0.1, -0.05) is 188 Å². The van der Waals surface area contributed by atoms with E-state index >= 15 is 0 Å². The van der Waals surface area contributed by atoms with Gasteiger partial charge in [0.2, 0.25) is 0 Å². The van der Waals surface area contributed by atoms with E-state index in [9.17, 15) is 0 Å². The smallest absolute Gasteiger partial charge is 0.143 e. The highest BCUT2D eigenvalue weighted by Crippen LogP contribution is 2.63. The van der Waals surface area contributed by atoms with Crippen LogP contribution < -0.4 is 4.90 Å². The number of hydrogen-bond donors (Lipinski definition) is 0. The molecule has 2 aliphatic rings. The second-order valence-electron chi connectivity index (χ2n) is 16.8. The van der Waals surface area contributed by atoms with Crippen LogP contribution in [0.1, 0.15) is 22.3 Å². The molecule has 0 aliphatic heterocycles. The van der Waals surface area contributed by atoms with E-state index in [1.807, 2.05) is 0 Å². The van der Waals surface area contributed by atoms with Gasteiger partial charge >= 0.3 is 0 Å². The van der Waals surface area contributed by atoms with Crippen LogP contribution in [-0.2, 0) is 5.41 Å². The SMILES string of the molecule is c1ccc(-c2ccc(N(c3cccc(-c4ccc5oc6c(-c7ccccc7)cccc6c5c4)c3)c3ccc4c(c3)-c3ccccc3C43c4ccccc4-c4ccccc43)cc2)cc1. The van der Waals surface area contributed by atoms with Crippen LogP contribution in [0.25, 0.3) is 77.6 Å². The minimum Gasteiger partial charge on any atom is -0.455 e. The van der Waals surface area contributed by atoms with Crippen LogP contribution in [0.4, 0.5) is 17.1 Å². The molecule has 10 aromatic carbocycles. The minimum absolute atomic E-state index is 0.391. The first-order chi connectivity index (χ1) is 31.2. The standard InChI is InChI=1S/C61H39NO/c1-3-15-40(16-4-1)41-29-32-45(33-30-41)62(46-20-13-19-43(37-46)44-31-36-59-54(38-44)52-25-14-24-48(60(52)63-59)42-17-5-2-6-18-42)47-34-35-58-53(39-47)51-23-9-12-28-57(51)61(58)55-26-10-7-21-49(55)50-22-8-11-27-56(50)61/h1-39H. The second kappa shape index (κ2) is 13.9. The Morgan fingerprint density at radius 3 is 1.48 bits per heavy atom. The second-order valence-corrected chi connectivity index (χ2v) is 16.8. The monoisotopic (exact) mass is 801 g/mol. The van der Waals surface area contributed by atoms with Crippen molar-refractivity contribution in [3.63, 3.8) is 0 Å². The Balaban J connectivity index is 0.975. The highest BCUT2D eigenvalue weighted by molar-refractivity contribution is 6.10. The fourth-order valence-electron chi connectivity index (χ4n) is 10.8. The topological polar surface area (TPSA) is 16.4 Å². The zero-order chi connectivity index (χ0) is 41.5. The zero-order valence-electron chi connectivity index (χ0n) is 34.4. The van der Waals surface area contributed by atoms with Crippen LogP contribution in [0, 0.1) is 0 Å². The Hall–Kier alpha value is -8.20. The fraction of sp³-hybridized carbons (Fsp3) is 0.0164. The molecule has 0 saturated carbocycles. The van der Waals surface area contributed by atoms with E-state index < -0.39 is 5.41 Å². The Labute approximate surface area is 366 Å². The molecule has 0 amide bonds. The van der Waals surface area contributed by atoms with Crippen LogP contribution in [-0.4, -0.2) is 0 Å². The number of benzene rings is 10. The number of fused-ring (bicyclic) bond motifs is 13. The number of rotatable bonds is 6. The van der Waals surface area contributed by atoms with Crippen molar-refractivity contribution in [1.29, 1.82) is 0 Å². The van der Waals surface area contributed by atoms with E-state index in [1.165, 1.54) is 55.6 Å². The molecule has 13 rings (SSSR count). The molecule has 294 valence electrons. The average molecular weight is 802 g/mol. The molecule has 2 nitrogen and oxygen atoms in total. The van der Waals surface area contributed by atoms with Crippen molar-refractivity contribution in [2.45, 2.75) is 5.41 Å². The summed E-state index contributed by atoms with van der Waals surface area (Å²) >= 11 is 0. The average Bonchev–Trinajstić information content (AvgIpc) is 3.99. The van der Waals surface area contributed by atoms with Gasteiger partial charge in [-0.3, -0.25) is 0 Å². The largest absolute Gasteiger partial charge is 0.455 e. The van der Waals surface area contributed by atoms with Crippen LogP contribution >= 0.6 is 0 Å². The lowest BCUT2D eigenvalue weighted by atomic mass is 9.70. The van der Waals surface area contributed by atoms with Crippen molar-refractivity contribution >= 4 is 39.0 Å². The summed E-state index contributed by atoms with van der Waals surface area (Å²) in [5.74, 6) is 0. The number of para-hydroxylation sites is 1. The third-order valence-electron chi connectivity index (χ3n) is 13.5. The number of anilines is 3. The molecule has 1 aromatic heterocycles. The van der Waals surface area contributed by atoms with Crippen LogP contribution in [0.3, 0.4) is 0 Å². The molecule has 1 spiro atoms. The summed E-state index contributed by atoms with van der Waals surface area (Å²) < 4.78 is 6.57. The Morgan fingerprint density at radius 2 is 0.778 bits per heavy atom. The molecule has 0 saturated heterocycles. The lowest BCUT2D eigenvalue weighted by Gasteiger charge is -2.31. The first-order valence-electron chi connectivity index (χ1n) is 21.7. The molecule has 0 N–H and O–H groups in total. The van der Waals surface area contributed by atoms with Crippen LogP contribution in [0.5, 0.6) is 0 Å². The number of nitrogens with zero attached hydrogens (tertiary/aromatic N) is 1. The predicted molar refractivity (Wildman–Crippen MR) is 261 cm³/mol. The van der Waals surface area contributed by atoms with Gasteiger partial charge in [0.25, 0.3) is 0 Å². The van der Waals surface area contributed by atoms with Crippen molar-refractivity contribution in [1.82, 2.24) is 0 Å². The predicted octanol–water partition coefficient (Wildman–Crippen LogP) is 16.4. The minimum atomic E-state index is -0.391. The van der Waals surface area contributed by atoms with Crippen molar-refractivity contribution in [3.8, 4) is 55.6 Å². The third kappa shape index (κ3) is 5.32. The molecule has 0 unspecified atom stereocenters. The van der Waals surface area contributed by atoms with Gasteiger partial charge in [-0.15, -0.1) is 0 Å². The summed E-state index contributed by atoms with van der Waals surface area (Å²) in [6, 6.07) is 86.4. The van der Waals surface area contributed by atoms with E-state index in [-0.39, 0.29) is 0 Å². The van der Waals surface area contributed by atoms with Crippen molar-refractivity contribution in [3.05, 3.63) is 259 Å². The highest BCUT2D eigenvalue weighted by Gasteiger charge is 2.51. The number of hydrogen-bond acceptors (Lipinski definition) is 2. The summed E-state index contributed by atoms with van der Waals surface area (Å²) in [5, 5.41) is 2.23. The molecular weight excluding hydrogens is 763 g/mol. The van der Waals surface area contributed by atoms with Crippen molar-refractivity contribution in [2.75, 3.05) is 4.90 Å². The lowest BCUT2D eigenvalue weighted by Crippen LogP contribution is -2.25.